The van der Waals surface area contributed by atoms with Crippen LogP contribution in [0.15, 0.2) is 0 Å². The van der Waals surface area contributed by atoms with Crippen LogP contribution >= 0.6 is 0 Å². The molecule has 2 atom stereocenters. The minimum absolute atomic E-state index is 0.0384. The highest BCUT2D eigenvalue weighted by molar-refractivity contribution is 5.81. The fraction of sp³-hybridized carbons (Fsp3) is 0.917. The summed E-state index contributed by atoms with van der Waals surface area (Å²) in [7, 11) is 0. The van der Waals surface area contributed by atoms with Crippen molar-refractivity contribution in [3.05, 3.63) is 0 Å². The summed E-state index contributed by atoms with van der Waals surface area (Å²) in [6.07, 6.45) is 0.931. The Hall–Kier alpha value is -0.610. The van der Waals surface area contributed by atoms with Gasteiger partial charge in [-0.3, -0.25) is 9.69 Å². The van der Waals surface area contributed by atoms with Crippen molar-refractivity contribution >= 4 is 5.91 Å². The molecule has 0 aromatic rings. The zero-order valence-corrected chi connectivity index (χ0v) is 11.2. The lowest BCUT2D eigenvalue weighted by molar-refractivity contribution is -0.127. The van der Waals surface area contributed by atoms with Gasteiger partial charge in [0.2, 0.25) is 5.91 Å². The predicted molar refractivity (Wildman–Crippen MR) is 66.3 cm³/mol. The summed E-state index contributed by atoms with van der Waals surface area (Å²) in [5.41, 5.74) is 0. The summed E-state index contributed by atoms with van der Waals surface area (Å²) in [4.78, 5) is 13.9. The number of rotatable bonds is 7. The van der Waals surface area contributed by atoms with Gasteiger partial charge < -0.3 is 10.4 Å². The zero-order chi connectivity index (χ0) is 12.7. The first-order chi connectivity index (χ1) is 7.43. The molecule has 0 heterocycles. The molecule has 2 N–H and O–H groups in total. The van der Waals surface area contributed by atoms with Gasteiger partial charge in [0, 0.05) is 18.6 Å². The average molecular weight is 230 g/mol. The lowest BCUT2D eigenvalue weighted by Crippen LogP contribution is -2.50. The Morgan fingerprint density at radius 3 is 2.25 bits per heavy atom. The van der Waals surface area contributed by atoms with Crippen LogP contribution in [0.25, 0.3) is 0 Å². The molecule has 0 aromatic carbocycles. The van der Waals surface area contributed by atoms with Crippen molar-refractivity contribution in [1.82, 2.24) is 10.2 Å². The first kappa shape index (κ1) is 15.4. The molecular weight excluding hydrogens is 204 g/mol. The van der Waals surface area contributed by atoms with Crippen molar-refractivity contribution < 1.29 is 9.90 Å². The fourth-order valence-corrected chi connectivity index (χ4v) is 1.63. The average Bonchev–Trinajstić information content (AvgIpc) is 2.24. The van der Waals surface area contributed by atoms with Crippen molar-refractivity contribution in [3.8, 4) is 0 Å². The van der Waals surface area contributed by atoms with Crippen molar-refractivity contribution in [2.24, 2.45) is 0 Å². The molecule has 0 aliphatic heterocycles. The number of hydrogen-bond donors (Lipinski definition) is 2. The van der Waals surface area contributed by atoms with E-state index in [2.05, 4.69) is 5.32 Å². The van der Waals surface area contributed by atoms with Gasteiger partial charge in [-0.05, 0) is 34.1 Å². The fourth-order valence-electron chi connectivity index (χ4n) is 1.63. The standard InChI is InChI=1S/C12H26N2O2/c1-6-10(4)13-12(16)11(5)14(7-8-15)9(2)3/h9-11,15H,6-8H2,1-5H3,(H,13,16). The van der Waals surface area contributed by atoms with Crippen LogP contribution in [0.4, 0.5) is 0 Å². The molecule has 1 amide bonds. The molecule has 0 aliphatic rings. The van der Waals surface area contributed by atoms with E-state index in [0.29, 0.717) is 6.54 Å². The molecule has 0 aromatic heterocycles. The van der Waals surface area contributed by atoms with E-state index in [0.717, 1.165) is 6.42 Å². The van der Waals surface area contributed by atoms with E-state index in [9.17, 15) is 4.79 Å². The maximum atomic E-state index is 11.9. The Morgan fingerprint density at radius 2 is 1.88 bits per heavy atom. The molecule has 0 aliphatic carbocycles. The van der Waals surface area contributed by atoms with Crippen LogP contribution in [0.5, 0.6) is 0 Å². The van der Waals surface area contributed by atoms with Gasteiger partial charge in [-0.2, -0.15) is 0 Å². The number of hydrogen-bond acceptors (Lipinski definition) is 3. The minimum Gasteiger partial charge on any atom is -0.395 e. The van der Waals surface area contributed by atoms with Gasteiger partial charge in [0.15, 0.2) is 0 Å². The predicted octanol–water partition coefficient (Wildman–Crippen LogP) is 0.992. The molecule has 0 spiro atoms. The summed E-state index contributed by atoms with van der Waals surface area (Å²) in [5, 5.41) is 11.9. The number of nitrogens with one attached hydrogen (secondary N) is 1. The third-order valence-electron chi connectivity index (χ3n) is 2.90. The van der Waals surface area contributed by atoms with E-state index in [1.807, 2.05) is 39.5 Å². The van der Waals surface area contributed by atoms with Crippen LogP contribution in [-0.2, 0) is 4.79 Å². The van der Waals surface area contributed by atoms with E-state index in [-0.39, 0.29) is 30.6 Å². The molecule has 0 bridgehead atoms. The SMILES string of the molecule is CCC(C)NC(=O)C(C)N(CCO)C(C)C. The maximum Gasteiger partial charge on any atom is 0.237 e. The van der Waals surface area contributed by atoms with E-state index in [1.165, 1.54) is 0 Å². The third kappa shape index (κ3) is 4.94. The Morgan fingerprint density at radius 1 is 1.31 bits per heavy atom. The maximum absolute atomic E-state index is 11.9. The molecule has 0 saturated carbocycles. The van der Waals surface area contributed by atoms with Gasteiger partial charge in [-0.15, -0.1) is 0 Å². The van der Waals surface area contributed by atoms with Crippen LogP contribution < -0.4 is 5.32 Å². The molecule has 16 heavy (non-hydrogen) atoms. The number of aliphatic hydroxyl groups excluding tert-OH is 1. The number of carbonyl (C=O) groups is 1. The Bertz CT molecular complexity index is 207. The van der Waals surface area contributed by atoms with E-state index < -0.39 is 0 Å². The lowest BCUT2D eigenvalue weighted by atomic mass is 10.2. The van der Waals surface area contributed by atoms with Gasteiger partial charge in [0.1, 0.15) is 0 Å². The highest BCUT2D eigenvalue weighted by atomic mass is 16.3. The normalized spacial score (nSPS) is 15.2. The molecule has 0 radical (unpaired) electrons. The van der Waals surface area contributed by atoms with E-state index in [1.54, 1.807) is 0 Å². The van der Waals surface area contributed by atoms with Crippen LogP contribution in [0.2, 0.25) is 0 Å². The topological polar surface area (TPSA) is 52.6 Å². The van der Waals surface area contributed by atoms with Crippen molar-refractivity contribution in [1.29, 1.82) is 0 Å². The van der Waals surface area contributed by atoms with Crippen LogP contribution in [-0.4, -0.2) is 47.2 Å². The van der Waals surface area contributed by atoms with Crippen LogP contribution in [0.3, 0.4) is 0 Å². The molecule has 2 unspecified atom stereocenters. The van der Waals surface area contributed by atoms with Crippen molar-refractivity contribution in [2.75, 3.05) is 13.2 Å². The van der Waals surface area contributed by atoms with Crippen LogP contribution in [0, 0.1) is 0 Å². The highest BCUT2D eigenvalue weighted by Gasteiger charge is 2.23. The summed E-state index contributed by atoms with van der Waals surface area (Å²) in [5.74, 6) is 0.0384. The van der Waals surface area contributed by atoms with Crippen molar-refractivity contribution in [3.63, 3.8) is 0 Å². The van der Waals surface area contributed by atoms with Gasteiger partial charge in [0.25, 0.3) is 0 Å². The molecule has 0 saturated heterocycles. The molecule has 96 valence electrons. The number of carbonyl (C=O) groups excluding carboxylic acids is 1. The second kappa shape index (κ2) is 7.63. The van der Waals surface area contributed by atoms with Crippen LogP contribution in [0.1, 0.15) is 41.0 Å². The Balaban J connectivity index is 4.36. The minimum atomic E-state index is -0.193. The summed E-state index contributed by atoms with van der Waals surface area (Å²) in [6, 6.07) is 0.268. The Kier molecular flexibility index (Phi) is 7.34. The molecule has 4 nitrogen and oxygen atoms in total. The van der Waals surface area contributed by atoms with Gasteiger partial charge in [-0.25, -0.2) is 0 Å². The quantitative estimate of drug-likeness (QED) is 0.686. The second-order valence-electron chi connectivity index (χ2n) is 4.55. The summed E-state index contributed by atoms with van der Waals surface area (Å²) in [6.45, 7) is 10.6. The largest absolute Gasteiger partial charge is 0.395 e. The molecular formula is C12H26N2O2. The summed E-state index contributed by atoms with van der Waals surface area (Å²) >= 11 is 0. The highest BCUT2D eigenvalue weighted by Crippen LogP contribution is 2.05. The number of aliphatic hydroxyl groups is 1. The molecule has 0 rings (SSSR count). The van der Waals surface area contributed by atoms with Gasteiger partial charge in [-0.1, -0.05) is 6.92 Å². The lowest BCUT2D eigenvalue weighted by Gasteiger charge is -2.31. The van der Waals surface area contributed by atoms with Gasteiger partial charge >= 0.3 is 0 Å². The second-order valence-corrected chi connectivity index (χ2v) is 4.55. The monoisotopic (exact) mass is 230 g/mol. The van der Waals surface area contributed by atoms with E-state index >= 15 is 0 Å². The third-order valence-corrected chi connectivity index (χ3v) is 2.90. The number of amides is 1. The first-order valence-corrected chi connectivity index (χ1v) is 6.11. The Labute approximate surface area is 99.0 Å². The van der Waals surface area contributed by atoms with E-state index in [4.69, 9.17) is 5.11 Å². The van der Waals surface area contributed by atoms with Gasteiger partial charge in [0.05, 0.1) is 12.6 Å². The number of nitrogens with zero attached hydrogens (tertiary/aromatic N) is 1. The molecule has 4 heteroatoms. The first-order valence-electron chi connectivity index (χ1n) is 6.11. The zero-order valence-electron chi connectivity index (χ0n) is 11.2. The smallest absolute Gasteiger partial charge is 0.237 e. The molecule has 0 fully saturated rings. The summed E-state index contributed by atoms with van der Waals surface area (Å²) < 4.78 is 0. The van der Waals surface area contributed by atoms with Crippen molar-refractivity contribution in [2.45, 2.75) is 59.2 Å².